The Morgan fingerprint density at radius 1 is 0.750 bits per heavy atom. The van der Waals surface area contributed by atoms with E-state index in [0.717, 1.165) is 11.1 Å². The molecule has 176 valence electrons. The Labute approximate surface area is 189 Å². The zero-order valence-electron chi connectivity index (χ0n) is 20.1. The molecule has 0 saturated heterocycles. The lowest BCUT2D eigenvalue weighted by Crippen LogP contribution is -2.41. The van der Waals surface area contributed by atoms with Crippen LogP contribution in [0.2, 0.25) is 0 Å². The van der Waals surface area contributed by atoms with Crippen LogP contribution in [0.15, 0.2) is 33.3 Å². The van der Waals surface area contributed by atoms with E-state index in [0.29, 0.717) is 24.5 Å². The highest BCUT2D eigenvalue weighted by Crippen LogP contribution is 2.07. The molecular formula is C22H34N6O4. The van der Waals surface area contributed by atoms with Crippen molar-refractivity contribution >= 4 is 35.5 Å². The first-order chi connectivity index (χ1) is 14.5. The molecule has 32 heavy (non-hydrogen) atoms. The van der Waals surface area contributed by atoms with Crippen molar-refractivity contribution in [3.05, 3.63) is 23.3 Å². The molecule has 6 amide bonds. The van der Waals surface area contributed by atoms with Gasteiger partial charge in [0.05, 0.1) is 0 Å². The third kappa shape index (κ3) is 11.8. The standard InChI is InChI=1S/2C11H17N3O2/c2*1-7-5-8(12-9(15)6-7)13-10(16)14-11(2,3)4/h2*6H,5H2,1-4H3,(H2,12,13,14,15,16). The average Bonchev–Trinajstić information content (AvgIpc) is 2.48. The number of nitrogens with one attached hydrogen (secondary N) is 4. The second kappa shape index (κ2) is 10.8. The predicted molar refractivity (Wildman–Crippen MR) is 124 cm³/mol. The summed E-state index contributed by atoms with van der Waals surface area (Å²) in [6.45, 7) is 14.9. The van der Waals surface area contributed by atoms with E-state index in [9.17, 15) is 19.2 Å². The maximum absolute atomic E-state index is 11.5. The van der Waals surface area contributed by atoms with Crippen molar-refractivity contribution in [1.29, 1.82) is 0 Å². The highest BCUT2D eigenvalue weighted by atomic mass is 16.2. The number of aliphatic imine (C=N–C) groups is 2. The zero-order valence-corrected chi connectivity index (χ0v) is 20.1. The van der Waals surface area contributed by atoms with Crippen molar-refractivity contribution in [2.75, 3.05) is 0 Å². The van der Waals surface area contributed by atoms with Gasteiger partial charge in [-0.05, 0) is 55.4 Å². The molecule has 0 aromatic heterocycles. The highest BCUT2D eigenvalue weighted by molar-refractivity contribution is 6.10. The van der Waals surface area contributed by atoms with Gasteiger partial charge in [0, 0.05) is 36.1 Å². The van der Waals surface area contributed by atoms with Crippen LogP contribution in [0.5, 0.6) is 0 Å². The van der Waals surface area contributed by atoms with Crippen LogP contribution in [-0.4, -0.2) is 46.6 Å². The SMILES string of the molecule is CC1=CC(=O)NC(=NC(=O)NC(C)(C)C)C1.CC1=CC(=O)NC(=NC(=O)NC(C)(C)C)C1. The molecule has 0 radical (unpaired) electrons. The summed E-state index contributed by atoms with van der Waals surface area (Å²) in [7, 11) is 0. The van der Waals surface area contributed by atoms with Crippen molar-refractivity contribution in [2.24, 2.45) is 9.98 Å². The molecule has 0 spiro atoms. The van der Waals surface area contributed by atoms with Gasteiger partial charge < -0.3 is 21.3 Å². The molecule has 0 bridgehead atoms. The van der Waals surface area contributed by atoms with Crippen molar-refractivity contribution in [3.8, 4) is 0 Å². The number of hydrogen-bond acceptors (Lipinski definition) is 4. The zero-order chi connectivity index (χ0) is 24.7. The molecule has 0 unspecified atom stereocenters. The number of amidine groups is 2. The minimum Gasteiger partial charge on any atom is -0.332 e. The number of carbonyl (C=O) groups is 4. The van der Waals surface area contributed by atoms with Crippen LogP contribution >= 0.6 is 0 Å². The van der Waals surface area contributed by atoms with E-state index >= 15 is 0 Å². The smallest absolute Gasteiger partial charge is 0.332 e. The van der Waals surface area contributed by atoms with E-state index in [2.05, 4.69) is 31.3 Å². The lowest BCUT2D eigenvalue weighted by Gasteiger charge is -2.19. The summed E-state index contributed by atoms with van der Waals surface area (Å²) in [5.41, 5.74) is 1.13. The fraction of sp³-hybridized carbons (Fsp3) is 0.545. The van der Waals surface area contributed by atoms with Crippen LogP contribution in [0.4, 0.5) is 9.59 Å². The Hall–Kier alpha value is -3.30. The molecule has 2 heterocycles. The maximum Gasteiger partial charge on any atom is 0.343 e. The largest absolute Gasteiger partial charge is 0.343 e. The van der Waals surface area contributed by atoms with Gasteiger partial charge >= 0.3 is 12.1 Å². The van der Waals surface area contributed by atoms with E-state index < -0.39 is 12.1 Å². The molecule has 0 aliphatic carbocycles. The van der Waals surface area contributed by atoms with E-state index in [1.54, 1.807) is 0 Å². The van der Waals surface area contributed by atoms with Crippen LogP contribution in [0.1, 0.15) is 68.2 Å². The fourth-order valence-corrected chi connectivity index (χ4v) is 2.60. The Bertz CT molecular complexity index is 824. The summed E-state index contributed by atoms with van der Waals surface area (Å²) in [6.07, 6.45) is 4.01. The van der Waals surface area contributed by atoms with E-state index in [1.807, 2.05) is 55.4 Å². The van der Waals surface area contributed by atoms with E-state index in [4.69, 9.17) is 0 Å². The van der Waals surface area contributed by atoms with Crippen molar-refractivity contribution in [3.63, 3.8) is 0 Å². The van der Waals surface area contributed by atoms with E-state index in [-0.39, 0.29) is 22.9 Å². The first kappa shape index (κ1) is 26.7. The molecular weight excluding hydrogens is 412 g/mol. The van der Waals surface area contributed by atoms with Gasteiger partial charge in [0.25, 0.3) is 0 Å². The predicted octanol–water partition coefficient (Wildman–Crippen LogP) is 2.72. The molecule has 10 nitrogen and oxygen atoms in total. The maximum atomic E-state index is 11.5. The lowest BCUT2D eigenvalue weighted by atomic mass is 10.1. The van der Waals surface area contributed by atoms with Crippen LogP contribution in [-0.2, 0) is 9.59 Å². The molecule has 0 aromatic rings. The summed E-state index contributed by atoms with van der Waals surface area (Å²) < 4.78 is 0. The van der Waals surface area contributed by atoms with Gasteiger partial charge in [-0.15, -0.1) is 0 Å². The average molecular weight is 447 g/mol. The summed E-state index contributed by atoms with van der Waals surface area (Å²) in [4.78, 5) is 52.9. The summed E-state index contributed by atoms with van der Waals surface area (Å²) in [6, 6.07) is -0.866. The number of nitrogens with zero attached hydrogens (tertiary/aromatic N) is 2. The van der Waals surface area contributed by atoms with Crippen molar-refractivity contribution in [1.82, 2.24) is 21.3 Å². The molecule has 10 heteroatoms. The van der Waals surface area contributed by atoms with Crippen LogP contribution in [0.25, 0.3) is 0 Å². The van der Waals surface area contributed by atoms with Gasteiger partial charge in [0.15, 0.2) is 0 Å². The number of urea groups is 2. The molecule has 0 aromatic carbocycles. The van der Waals surface area contributed by atoms with Gasteiger partial charge in [-0.3, -0.25) is 9.59 Å². The molecule has 0 fully saturated rings. The number of amides is 6. The molecule has 0 saturated carbocycles. The summed E-state index contributed by atoms with van der Waals surface area (Å²) >= 11 is 0. The molecule has 4 N–H and O–H groups in total. The van der Waals surface area contributed by atoms with Gasteiger partial charge in [-0.25, -0.2) is 9.59 Å². The molecule has 2 aliphatic heterocycles. The quantitative estimate of drug-likeness (QED) is 0.454. The Kier molecular flexibility index (Phi) is 9.05. The molecule has 2 rings (SSSR count). The number of rotatable bonds is 0. The number of carbonyl (C=O) groups excluding carboxylic acids is 4. The van der Waals surface area contributed by atoms with Gasteiger partial charge in [0.1, 0.15) is 11.7 Å². The second-order valence-electron chi connectivity index (χ2n) is 9.79. The molecule has 0 atom stereocenters. The van der Waals surface area contributed by atoms with Gasteiger partial charge in [0.2, 0.25) is 11.8 Å². The normalized spacial score (nSPS) is 19.1. The third-order valence-electron chi connectivity index (χ3n) is 3.62. The fourth-order valence-electron chi connectivity index (χ4n) is 2.60. The molecule has 2 aliphatic rings. The topological polar surface area (TPSA) is 141 Å². The Morgan fingerprint density at radius 2 is 1.06 bits per heavy atom. The van der Waals surface area contributed by atoms with Gasteiger partial charge in [-0.2, -0.15) is 9.98 Å². The summed E-state index contributed by atoms with van der Waals surface area (Å²) in [5, 5.41) is 10.5. The van der Waals surface area contributed by atoms with Gasteiger partial charge in [-0.1, -0.05) is 11.1 Å². The second-order valence-corrected chi connectivity index (χ2v) is 9.79. The number of hydrogen-bond donors (Lipinski definition) is 4. The highest BCUT2D eigenvalue weighted by Gasteiger charge is 2.18. The van der Waals surface area contributed by atoms with Crippen LogP contribution in [0.3, 0.4) is 0 Å². The summed E-state index contributed by atoms with van der Waals surface area (Å²) in [5.74, 6) is 0.329. The first-order valence-corrected chi connectivity index (χ1v) is 10.3. The minimum atomic E-state index is -0.433. The van der Waals surface area contributed by atoms with E-state index in [1.165, 1.54) is 12.2 Å². The van der Waals surface area contributed by atoms with Crippen LogP contribution < -0.4 is 21.3 Å². The van der Waals surface area contributed by atoms with Crippen molar-refractivity contribution in [2.45, 2.75) is 79.3 Å². The van der Waals surface area contributed by atoms with Crippen LogP contribution in [0, 0.1) is 0 Å². The Morgan fingerprint density at radius 3 is 1.31 bits per heavy atom. The minimum absolute atomic E-state index is 0.231. The third-order valence-corrected chi connectivity index (χ3v) is 3.62. The van der Waals surface area contributed by atoms with Crippen molar-refractivity contribution < 1.29 is 19.2 Å². The monoisotopic (exact) mass is 446 g/mol. The first-order valence-electron chi connectivity index (χ1n) is 10.3. The lowest BCUT2D eigenvalue weighted by molar-refractivity contribution is -0.116. The Balaban J connectivity index is 0.000000320.